The van der Waals surface area contributed by atoms with E-state index in [1.54, 1.807) is 20.4 Å². The average Bonchev–Trinajstić information content (AvgIpc) is 2.69. The van der Waals surface area contributed by atoms with Gasteiger partial charge in [-0.1, -0.05) is 25.6 Å². The Balaban J connectivity index is 2.21. The highest BCUT2D eigenvalue weighted by Crippen LogP contribution is 2.23. The average molecular weight is 461 g/mol. The van der Waals surface area contributed by atoms with Crippen molar-refractivity contribution in [2.24, 2.45) is 0 Å². The number of rotatable bonds is 9. The van der Waals surface area contributed by atoms with Crippen LogP contribution in [0.4, 0.5) is 0 Å². The Hall–Kier alpha value is -2.05. The Kier molecular flexibility index (Phi) is 8.95. The van der Waals surface area contributed by atoms with Crippen LogP contribution in [0.2, 0.25) is 19.6 Å². The maximum atomic E-state index is 12.8. The van der Waals surface area contributed by atoms with Gasteiger partial charge in [-0.2, -0.15) is 0 Å². The molecule has 0 aliphatic rings. The molecule has 1 amide bonds. The van der Waals surface area contributed by atoms with Crippen molar-refractivity contribution in [3.05, 3.63) is 36.0 Å². The number of ether oxygens (including phenoxy) is 3. The standard InChI is InChI=1S/C23H32N2O4SSi/c1-23(15-27-2,16-28-3)25-21(26)22(30-4)29-19-8-9-20-18(13-19)12-17(14-24-20)10-11-31(5,6)7/h8-9,12-14,22H,15-16H2,1-7H3,(H,25,26). The second kappa shape index (κ2) is 11.0. The van der Waals surface area contributed by atoms with E-state index >= 15 is 0 Å². The smallest absolute Gasteiger partial charge is 0.272 e. The molecule has 0 spiro atoms. The van der Waals surface area contributed by atoms with Crippen molar-refractivity contribution >= 4 is 36.6 Å². The minimum absolute atomic E-state index is 0.239. The first-order chi connectivity index (χ1) is 14.6. The molecule has 2 aromatic rings. The van der Waals surface area contributed by atoms with Crippen LogP contribution in [0.15, 0.2) is 30.5 Å². The molecule has 0 saturated carbocycles. The predicted molar refractivity (Wildman–Crippen MR) is 130 cm³/mol. The second-order valence-corrected chi connectivity index (χ2v) is 14.3. The number of nitrogens with one attached hydrogen (secondary N) is 1. The summed E-state index contributed by atoms with van der Waals surface area (Å²) >= 11 is 1.32. The molecule has 0 aliphatic carbocycles. The SMILES string of the molecule is COCC(C)(COC)NC(=O)C(Oc1ccc2ncc(C#C[Si](C)(C)C)cc2c1)SC. The zero-order chi connectivity index (χ0) is 23.1. The number of fused-ring (bicyclic) bond motifs is 1. The zero-order valence-electron chi connectivity index (χ0n) is 19.4. The van der Waals surface area contributed by atoms with Crippen LogP contribution >= 0.6 is 11.8 Å². The number of thioether (sulfide) groups is 1. The number of pyridine rings is 1. The number of amides is 1. The summed E-state index contributed by atoms with van der Waals surface area (Å²) in [7, 11) is 1.71. The van der Waals surface area contributed by atoms with Crippen molar-refractivity contribution in [1.29, 1.82) is 0 Å². The summed E-state index contributed by atoms with van der Waals surface area (Å²) in [6, 6.07) is 7.60. The van der Waals surface area contributed by atoms with Gasteiger partial charge in [0, 0.05) is 31.4 Å². The van der Waals surface area contributed by atoms with Crippen LogP contribution < -0.4 is 10.1 Å². The Morgan fingerprint density at radius 1 is 1.23 bits per heavy atom. The van der Waals surface area contributed by atoms with Crippen molar-refractivity contribution in [3.8, 4) is 17.2 Å². The fourth-order valence-corrected chi connectivity index (χ4v) is 3.95. The number of nitrogens with zero attached hydrogens (tertiary/aromatic N) is 1. The fraction of sp³-hybridized carbons (Fsp3) is 0.478. The molecule has 1 N–H and O–H groups in total. The summed E-state index contributed by atoms with van der Waals surface area (Å²) in [4.78, 5) is 17.3. The number of carbonyl (C=O) groups is 1. The summed E-state index contributed by atoms with van der Waals surface area (Å²) < 4.78 is 16.5. The summed E-state index contributed by atoms with van der Waals surface area (Å²) in [6.45, 7) is 9.15. The lowest BCUT2D eigenvalue weighted by molar-refractivity contribution is -0.127. The summed E-state index contributed by atoms with van der Waals surface area (Å²) in [5, 5.41) is 3.90. The first-order valence-corrected chi connectivity index (χ1v) is 14.8. The quantitative estimate of drug-likeness (QED) is 0.350. The molecular weight excluding hydrogens is 428 g/mol. The Labute approximate surface area is 190 Å². The lowest BCUT2D eigenvalue weighted by Gasteiger charge is -2.30. The van der Waals surface area contributed by atoms with Crippen molar-refractivity contribution in [1.82, 2.24) is 10.3 Å². The third kappa shape index (κ3) is 7.85. The number of carbonyl (C=O) groups excluding carboxylic acids is 1. The van der Waals surface area contributed by atoms with Gasteiger partial charge in [-0.3, -0.25) is 9.78 Å². The first kappa shape index (κ1) is 25.2. The van der Waals surface area contributed by atoms with Gasteiger partial charge in [0.15, 0.2) is 0 Å². The fourth-order valence-electron chi connectivity index (χ4n) is 2.95. The van der Waals surface area contributed by atoms with E-state index in [9.17, 15) is 4.79 Å². The maximum absolute atomic E-state index is 12.8. The molecule has 0 fully saturated rings. The van der Waals surface area contributed by atoms with Crippen LogP contribution in [-0.4, -0.2) is 63.6 Å². The van der Waals surface area contributed by atoms with Crippen LogP contribution in [0.1, 0.15) is 12.5 Å². The first-order valence-electron chi connectivity index (χ1n) is 10.0. The molecule has 1 unspecified atom stereocenters. The van der Waals surface area contributed by atoms with E-state index in [4.69, 9.17) is 14.2 Å². The molecule has 6 nitrogen and oxygen atoms in total. The lowest BCUT2D eigenvalue weighted by atomic mass is 10.1. The van der Waals surface area contributed by atoms with E-state index in [-0.39, 0.29) is 5.91 Å². The van der Waals surface area contributed by atoms with Crippen molar-refractivity contribution in [2.45, 2.75) is 37.5 Å². The van der Waals surface area contributed by atoms with Gasteiger partial charge in [-0.15, -0.1) is 17.3 Å². The molecule has 0 bridgehead atoms. The van der Waals surface area contributed by atoms with E-state index in [2.05, 4.69) is 41.4 Å². The maximum Gasteiger partial charge on any atom is 0.272 e. The Bertz CT molecular complexity index is 959. The van der Waals surface area contributed by atoms with Crippen LogP contribution in [0, 0.1) is 11.5 Å². The number of hydrogen-bond acceptors (Lipinski definition) is 6. The van der Waals surface area contributed by atoms with Crippen molar-refractivity contribution in [2.75, 3.05) is 33.7 Å². The lowest BCUT2D eigenvalue weighted by Crippen LogP contribution is -2.55. The molecule has 168 valence electrons. The molecule has 1 atom stereocenters. The molecule has 0 saturated heterocycles. The van der Waals surface area contributed by atoms with Crippen molar-refractivity contribution < 1.29 is 19.0 Å². The zero-order valence-corrected chi connectivity index (χ0v) is 21.2. The minimum atomic E-state index is -1.47. The molecule has 1 heterocycles. The van der Waals surface area contributed by atoms with Gasteiger partial charge in [0.2, 0.25) is 5.44 Å². The molecule has 1 aromatic heterocycles. The number of benzene rings is 1. The van der Waals surface area contributed by atoms with Gasteiger partial charge in [0.25, 0.3) is 5.91 Å². The largest absolute Gasteiger partial charge is 0.470 e. The van der Waals surface area contributed by atoms with Gasteiger partial charge >= 0.3 is 0 Å². The van der Waals surface area contributed by atoms with E-state index in [1.807, 2.05) is 37.4 Å². The number of hydrogen-bond donors (Lipinski definition) is 1. The predicted octanol–water partition coefficient (Wildman–Crippen LogP) is 3.70. The molecule has 0 aliphatic heterocycles. The number of methoxy groups -OCH3 is 2. The third-order valence-corrected chi connectivity index (χ3v) is 5.87. The highest BCUT2D eigenvalue weighted by molar-refractivity contribution is 7.99. The van der Waals surface area contributed by atoms with E-state index in [0.29, 0.717) is 19.0 Å². The summed E-state index contributed by atoms with van der Waals surface area (Å²) in [5.41, 5.74) is 3.73. The van der Waals surface area contributed by atoms with Gasteiger partial charge in [-0.05, 0) is 37.4 Å². The molecule has 2 rings (SSSR count). The second-order valence-electron chi connectivity index (χ2n) is 8.68. The number of aromatic nitrogens is 1. The van der Waals surface area contributed by atoms with Crippen LogP contribution in [0.3, 0.4) is 0 Å². The normalized spacial score (nSPS) is 12.7. The monoisotopic (exact) mass is 460 g/mol. The topological polar surface area (TPSA) is 69.7 Å². The van der Waals surface area contributed by atoms with Gasteiger partial charge in [0.1, 0.15) is 13.8 Å². The van der Waals surface area contributed by atoms with Gasteiger partial charge < -0.3 is 19.5 Å². The highest BCUT2D eigenvalue weighted by atomic mass is 32.2. The Morgan fingerprint density at radius 2 is 1.90 bits per heavy atom. The highest BCUT2D eigenvalue weighted by Gasteiger charge is 2.30. The molecule has 0 radical (unpaired) electrons. The van der Waals surface area contributed by atoms with E-state index in [0.717, 1.165) is 16.5 Å². The third-order valence-electron chi connectivity index (χ3n) is 4.26. The van der Waals surface area contributed by atoms with Gasteiger partial charge in [-0.25, -0.2) is 0 Å². The van der Waals surface area contributed by atoms with E-state index in [1.165, 1.54) is 11.8 Å². The molecule has 1 aromatic carbocycles. The molecule has 8 heteroatoms. The van der Waals surface area contributed by atoms with Crippen molar-refractivity contribution in [3.63, 3.8) is 0 Å². The van der Waals surface area contributed by atoms with Crippen LogP contribution in [0.25, 0.3) is 10.9 Å². The van der Waals surface area contributed by atoms with Crippen LogP contribution in [0.5, 0.6) is 5.75 Å². The van der Waals surface area contributed by atoms with Gasteiger partial charge in [0.05, 0.1) is 24.3 Å². The summed E-state index contributed by atoms with van der Waals surface area (Å²) in [5.74, 6) is 3.59. The van der Waals surface area contributed by atoms with E-state index < -0.39 is 19.0 Å². The molecule has 31 heavy (non-hydrogen) atoms. The summed E-state index contributed by atoms with van der Waals surface area (Å²) in [6.07, 6.45) is 3.63. The molecular formula is C23H32N2O4SSi. The minimum Gasteiger partial charge on any atom is -0.470 e. The van der Waals surface area contributed by atoms with Crippen LogP contribution in [-0.2, 0) is 14.3 Å². The Morgan fingerprint density at radius 3 is 2.48 bits per heavy atom.